The van der Waals surface area contributed by atoms with E-state index in [2.05, 4.69) is 0 Å². The van der Waals surface area contributed by atoms with Crippen LogP contribution in [0.5, 0.6) is 0 Å². The highest BCUT2D eigenvalue weighted by molar-refractivity contribution is 6.13. The quantitative estimate of drug-likeness (QED) is 0.796. The van der Waals surface area contributed by atoms with Gasteiger partial charge >= 0.3 is 11.9 Å². The molecule has 0 aliphatic carbocycles. The maximum atomic E-state index is 12.4. The lowest BCUT2D eigenvalue weighted by molar-refractivity contribution is -0.407. The van der Waals surface area contributed by atoms with E-state index in [4.69, 9.17) is 5.73 Å². The number of amidine groups is 1. The van der Waals surface area contributed by atoms with Crippen LogP contribution in [0.2, 0.25) is 0 Å². The number of carbonyl (C=O) groups excluding carboxylic acids is 3. The van der Waals surface area contributed by atoms with Gasteiger partial charge in [0, 0.05) is 13.5 Å². The number of nitrogens with two attached hydrogens (primary N) is 1. The molecule has 7 heteroatoms. The van der Waals surface area contributed by atoms with Gasteiger partial charge in [-0.25, -0.2) is 9.37 Å². The summed E-state index contributed by atoms with van der Waals surface area (Å²) in [6.07, 6.45) is 0. The van der Waals surface area contributed by atoms with Gasteiger partial charge in [0.25, 0.3) is 0 Å². The molecule has 1 heterocycles. The second-order valence-electron chi connectivity index (χ2n) is 5.20. The van der Waals surface area contributed by atoms with Crippen LogP contribution in [0.4, 0.5) is 4.79 Å². The van der Waals surface area contributed by atoms with Gasteiger partial charge in [0.15, 0.2) is 0 Å². The summed E-state index contributed by atoms with van der Waals surface area (Å²) in [5.74, 6) is -0.743. The minimum atomic E-state index is -0.981. The molecule has 2 N–H and O–H groups in total. The van der Waals surface area contributed by atoms with Gasteiger partial charge in [0.05, 0.1) is 14.1 Å². The Balaban J connectivity index is 2.41. The maximum Gasteiger partial charge on any atom is 0.445 e. The molecular formula is C15H19N4O3+. The first-order valence-corrected chi connectivity index (χ1v) is 6.83. The third kappa shape index (κ3) is 2.69. The zero-order valence-electron chi connectivity index (χ0n) is 12.8. The Morgan fingerprint density at radius 3 is 2.45 bits per heavy atom. The molecule has 1 aliphatic heterocycles. The number of nitrogens with zero attached hydrogens (tertiary/aromatic N) is 3. The predicted octanol–water partition coefficient (Wildman–Crippen LogP) is -0.00480. The number of hydrogen-bond acceptors (Lipinski definition) is 4. The molecular weight excluding hydrogens is 284 g/mol. The largest absolute Gasteiger partial charge is 0.445 e. The Hall–Kier alpha value is -2.70. The van der Waals surface area contributed by atoms with Gasteiger partial charge in [-0.1, -0.05) is 30.3 Å². The van der Waals surface area contributed by atoms with Crippen molar-refractivity contribution in [2.24, 2.45) is 5.73 Å². The van der Waals surface area contributed by atoms with Gasteiger partial charge in [-0.3, -0.25) is 9.59 Å². The molecule has 2 rings (SSSR count). The number of benzene rings is 1. The van der Waals surface area contributed by atoms with Gasteiger partial charge in [-0.15, -0.1) is 0 Å². The number of likely N-dealkylation sites (N-methyl/N-ethyl adjacent to an activating group) is 1. The molecule has 1 aromatic carbocycles. The normalized spacial score (nSPS) is 18.7. The molecule has 116 valence electrons. The fourth-order valence-corrected chi connectivity index (χ4v) is 2.38. The summed E-state index contributed by atoms with van der Waals surface area (Å²) in [5, 5.41) is 0. The second kappa shape index (κ2) is 5.97. The molecule has 1 atom stereocenters. The number of rotatable bonds is 3. The van der Waals surface area contributed by atoms with Crippen LogP contribution in [0.1, 0.15) is 12.5 Å². The first kappa shape index (κ1) is 15.7. The van der Waals surface area contributed by atoms with Gasteiger partial charge in [-0.05, 0) is 5.56 Å². The molecule has 1 unspecified atom stereocenters. The Labute approximate surface area is 128 Å². The summed E-state index contributed by atoms with van der Waals surface area (Å²) < 4.78 is 1.19. The summed E-state index contributed by atoms with van der Waals surface area (Å²) in [7, 11) is 2.86. The van der Waals surface area contributed by atoms with Crippen LogP contribution in [0.15, 0.2) is 30.3 Å². The molecule has 1 aromatic rings. The van der Waals surface area contributed by atoms with Crippen molar-refractivity contribution in [3.8, 4) is 0 Å². The Morgan fingerprint density at radius 1 is 1.32 bits per heavy atom. The van der Waals surface area contributed by atoms with Gasteiger partial charge < -0.3 is 10.6 Å². The summed E-state index contributed by atoms with van der Waals surface area (Å²) in [5.41, 5.74) is 6.81. The fourth-order valence-electron chi connectivity index (χ4n) is 2.38. The molecule has 0 bridgehead atoms. The summed E-state index contributed by atoms with van der Waals surface area (Å²) in [4.78, 5) is 38.6. The van der Waals surface area contributed by atoms with E-state index in [0.717, 1.165) is 10.5 Å². The van der Waals surface area contributed by atoms with Gasteiger partial charge in [-0.2, -0.15) is 4.90 Å². The van der Waals surface area contributed by atoms with Crippen LogP contribution in [0.3, 0.4) is 0 Å². The number of hydrogen-bond donors (Lipinski definition) is 1. The average Bonchev–Trinajstić information content (AvgIpc) is 2.51. The van der Waals surface area contributed by atoms with Gasteiger partial charge in [0.1, 0.15) is 0 Å². The lowest BCUT2D eigenvalue weighted by Crippen LogP contribution is -2.64. The van der Waals surface area contributed by atoms with E-state index in [1.807, 2.05) is 30.3 Å². The molecule has 4 amide bonds. The van der Waals surface area contributed by atoms with Crippen molar-refractivity contribution in [1.82, 2.24) is 9.80 Å². The monoisotopic (exact) mass is 303 g/mol. The van der Waals surface area contributed by atoms with E-state index in [1.54, 1.807) is 0 Å². The van der Waals surface area contributed by atoms with Crippen LogP contribution in [-0.2, 0) is 16.1 Å². The number of amides is 4. The molecule has 1 aliphatic rings. The van der Waals surface area contributed by atoms with Crippen LogP contribution < -0.4 is 5.73 Å². The van der Waals surface area contributed by atoms with Crippen LogP contribution in [-0.4, -0.2) is 58.2 Å². The molecule has 0 fully saturated rings. The fraction of sp³-hybridized carbons (Fsp3) is 0.333. The van der Waals surface area contributed by atoms with Crippen molar-refractivity contribution in [3.63, 3.8) is 0 Å². The molecule has 0 radical (unpaired) electrons. The smallest absolute Gasteiger partial charge is 0.320 e. The summed E-state index contributed by atoms with van der Waals surface area (Å²) in [6, 6.07) is 7.80. The average molecular weight is 303 g/mol. The highest BCUT2D eigenvalue weighted by atomic mass is 16.2. The van der Waals surface area contributed by atoms with Crippen molar-refractivity contribution >= 4 is 23.7 Å². The second-order valence-corrected chi connectivity index (χ2v) is 5.20. The molecule has 0 spiro atoms. The van der Waals surface area contributed by atoms with E-state index in [1.165, 1.54) is 30.5 Å². The molecule has 0 aromatic heterocycles. The summed E-state index contributed by atoms with van der Waals surface area (Å²) in [6.45, 7) is 1.61. The standard InChI is InChI=1S/C15H18N4O3/c1-10(20)19(9-11-7-5-4-6-8-11)12-13(16)17(2)15(22)18(3)14(12)21/h4-8,12,16H,9H2,1-3H3/p+1. The SMILES string of the molecule is CC(=O)N(Cc1ccccc1)C1C(=O)N(C)C(=O)[N+](C)=C1N. The molecule has 0 saturated carbocycles. The molecule has 0 saturated heterocycles. The Bertz CT molecular complexity index is 654. The Morgan fingerprint density at radius 2 is 1.91 bits per heavy atom. The van der Waals surface area contributed by atoms with Crippen molar-refractivity contribution in [3.05, 3.63) is 35.9 Å². The predicted molar refractivity (Wildman–Crippen MR) is 80.0 cm³/mol. The topological polar surface area (TPSA) is 86.7 Å². The van der Waals surface area contributed by atoms with E-state index >= 15 is 0 Å². The highest BCUT2D eigenvalue weighted by Gasteiger charge is 2.46. The van der Waals surface area contributed by atoms with E-state index in [9.17, 15) is 14.4 Å². The van der Waals surface area contributed by atoms with E-state index in [-0.39, 0.29) is 18.3 Å². The first-order chi connectivity index (χ1) is 10.3. The third-order valence-corrected chi connectivity index (χ3v) is 3.72. The van der Waals surface area contributed by atoms with E-state index in [0.29, 0.717) is 0 Å². The van der Waals surface area contributed by atoms with Crippen molar-refractivity contribution < 1.29 is 19.0 Å². The highest BCUT2D eigenvalue weighted by Crippen LogP contribution is 2.14. The summed E-state index contributed by atoms with van der Waals surface area (Å²) >= 11 is 0. The molecule has 22 heavy (non-hydrogen) atoms. The molecule has 7 nitrogen and oxygen atoms in total. The van der Waals surface area contributed by atoms with Crippen LogP contribution in [0, 0.1) is 0 Å². The minimum Gasteiger partial charge on any atom is -0.320 e. The Kier molecular flexibility index (Phi) is 4.25. The lowest BCUT2D eigenvalue weighted by Gasteiger charge is -2.32. The number of carbonyl (C=O) groups is 3. The third-order valence-electron chi connectivity index (χ3n) is 3.72. The van der Waals surface area contributed by atoms with Crippen molar-refractivity contribution in [1.29, 1.82) is 0 Å². The minimum absolute atomic E-state index is 0.0548. The first-order valence-electron chi connectivity index (χ1n) is 6.83. The maximum absolute atomic E-state index is 12.4. The number of urea groups is 1. The van der Waals surface area contributed by atoms with Crippen LogP contribution in [0.25, 0.3) is 0 Å². The zero-order chi connectivity index (χ0) is 16.4. The lowest BCUT2D eigenvalue weighted by atomic mass is 10.1. The zero-order valence-corrected chi connectivity index (χ0v) is 12.8. The van der Waals surface area contributed by atoms with E-state index < -0.39 is 18.0 Å². The van der Waals surface area contributed by atoms with Crippen molar-refractivity contribution in [2.75, 3.05) is 14.1 Å². The van der Waals surface area contributed by atoms with Crippen molar-refractivity contribution in [2.45, 2.75) is 19.5 Å². The number of imide groups is 1. The van der Waals surface area contributed by atoms with Crippen LogP contribution >= 0.6 is 0 Å². The van der Waals surface area contributed by atoms with Gasteiger partial charge in [0.2, 0.25) is 17.8 Å².